The fraction of sp³-hybridized carbons (Fsp3) is 0.833. The second-order valence-electron chi connectivity index (χ2n) is 11.8. The van der Waals surface area contributed by atoms with E-state index in [1.54, 1.807) is 0 Å². The maximum atomic E-state index is 3.19. The van der Waals surface area contributed by atoms with Gasteiger partial charge < -0.3 is 24.8 Å². The van der Waals surface area contributed by atoms with Gasteiger partial charge in [0.1, 0.15) is 24.8 Å². The van der Waals surface area contributed by atoms with Gasteiger partial charge in [-0.25, -0.2) is 19.1 Å². The van der Waals surface area contributed by atoms with E-state index in [1.165, 1.54) is 166 Å². The molecule has 0 aliphatic rings. The molecule has 42 heavy (non-hydrogen) atoms. The quantitative estimate of drug-likeness (QED) is 0.130. The zero-order chi connectivity index (χ0) is 29.5. The van der Waals surface area contributed by atoms with Crippen molar-refractivity contribution >= 4 is 0 Å². The minimum Gasteiger partial charge on any atom is -1.00 e. The van der Waals surface area contributed by atoms with Crippen molar-refractivity contribution in [2.75, 3.05) is 0 Å². The second-order valence-corrected chi connectivity index (χ2v) is 11.8. The lowest BCUT2D eigenvalue weighted by Crippen LogP contribution is -3.00. The molecular weight excluding hydrogens is 559 g/mol. The van der Waals surface area contributed by atoms with Gasteiger partial charge in [-0.1, -0.05) is 143 Å². The third-order valence-electron chi connectivity index (χ3n) is 7.92. The Bertz CT molecular complexity index is 682. The van der Waals surface area contributed by atoms with E-state index in [2.05, 4.69) is 73.0 Å². The van der Waals surface area contributed by atoms with Gasteiger partial charge in [-0.15, -0.1) is 0 Å². The van der Waals surface area contributed by atoms with Crippen molar-refractivity contribution < 1.29 is 33.9 Å². The van der Waals surface area contributed by atoms with Crippen molar-refractivity contribution in [2.45, 2.75) is 196 Å². The van der Waals surface area contributed by atoms with Crippen LogP contribution in [0.5, 0.6) is 0 Å². The maximum absolute atomic E-state index is 3.19. The first-order valence-corrected chi connectivity index (χ1v) is 17.7. The number of unbranched alkanes of at least 4 members (excludes halogenated alkanes) is 19. The predicted molar refractivity (Wildman–Crippen MR) is 176 cm³/mol. The van der Waals surface area contributed by atoms with Crippen molar-refractivity contribution in [1.29, 1.82) is 0 Å². The van der Waals surface area contributed by atoms with Gasteiger partial charge in [0.15, 0.2) is 0 Å². The van der Waals surface area contributed by atoms with Crippen LogP contribution in [0.25, 0.3) is 0 Å². The average Bonchev–Trinajstić information content (AvgIpc) is 3.57. The summed E-state index contributed by atoms with van der Waals surface area (Å²) in [7, 11) is 0. The second kappa shape index (κ2) is 36.2. The van der Waals surface area contributed by atoms with Crippen LogP contribution in [0.15, 0.2) is 24.8 Å². The third-order valence-corrected chi connectivity index (χ3v) is 7.92. The molecule has 0 saturated carbocycles. The number of aryl methyl sites for hydroxylation is 4. The van der Waals surface area contributed by atoms with Crippen LogP contribution in [0, 0.1) is 13.8 Å². The van der Waals surface area contributed by atoms with Gasteiger partial charge in [0.2, 0.25) is 0 Å². The number of nitrogens with zero attached hydrogens (tertiary/aromatic N) is 2. The smallest absolute Gasteiger partial charge is 0.251 e. The van der Waals surface area contributed by atoms with Crippen LogP contribution in [0.4, 0.5) is 0 Å². The number of nitrogens with one attached hydrogen (secondary N) is 2. The number of H-pyrrole nitrogens is 2. The number of aromatic nitrogens is 4. The highest BCUT2D eigenvalue weighted by atomic mass is 35.5. The molecule has 0 aliphatic carbocycles. The topological polar surface area (TPSA) is 39.3 Å². The standard InChI is InChI=1S/2C12H22N2.C12H26.2ClH/c2*1-3-4-5-6-7-8-10-14-11-9-13-12(14)2;1-3-5-7-9-11-12-10-8-6-4-2;;/h2*9,11H,3-8,10H2,1-2H3;3-12H2,1-2H3;2*1H. The lowest BCUT2D eigenvalue weighted by molar-refractivity contribution is -0.702. The molecule has 2 rings (SSSR count). The Morgan fingerprint density at radius 3 is 0.857 bits per heavy atom. The van der Waals surface area contributed by atoms with Crippen molar-refractivity contribution in [3.05, 3.63) is 36.4 Å². The fourth-order valence-corrected chi connectivity index (χ4v) is 5.06. The largest absolute Gasteiger partial charge is 1.00 e. The van der Waals surface area contributed by atoms with Gasteiger partial charge in [-0.2, -0.15) is 0 Å². The zero-order valence-corrected chi connectivity index (χ0v) is 30.4. The summed E-state index contributed by atoms with van der Waals surface area (Å²) in [4.78, 5) is 6.39. The highest BCUT2D eigenvalue weighted by molar-refractivity contribution is 4.71. The minimum atomic E-state index is 0. The molecule has 0 unspecified atom stereocenters. The van der Waals surface area contributed by atoms with Gasteiger partial charge in [0.25, 0.3) is 11.6 Å². The first-order valence-electron chi connectivity index (χ1n) is 17.7. The average molecular weight is 632 g/mol. The molecular formula is C36H72Cl2N4. The number of aromatic amines is 2. The number of hydrogen-bond acceptors (Lipinski definition) is 0. The summed E-state index contributed by atoms with van der Waals surface area (Å²) in [6, 6.07) is 0. The summed E-state index contributed by atoms with van der Waals surface area (Å²) >= 11 is 0. The molecule has 2 aromatic heterocycles. The van der Waals surface area contributed by atoms with Crippen molar-refractivity contribution in [3.8, 4) is 0 Å². The van der Waals surface area contributed by atoms with Crippen LogP contribution in [-0.4, -0.2) is 9.97 Å². The molecule has 0 atom stereocenters. The van der Waals surface area contributed by atoms with E-state index < -0.39 is 0 Å². The summed E-state index contributed by atoms with van der Waals surface area (Å²) in [6.45, 7) is 15.7. The van der Waals surface area contributed by atoms with Crippen LogP contribution in [0.3, 0.4) is 0 Å². The van der Waals surface area contributed by atoms with Gasteiger partial charge in [-0.3, -0.25) is 0 Å². The minimum absolute atomic E-state index is 0. The lowest BCUT2D eigenvalue weighted by atomic mass is 10.1. The Balaban J connectivity index is -0.000000533. The van der Waals surface area contributed by atoms with Gasteiger partial charge in [0.05, 0.1) is 13.1 Å². The fourth-order valence-electron chi connectivity index (χ4n) is 5.06. The van der Waals surface area contributed by atoms with E-state index in [4.69, 9.17) is 0 Å². The number of rotatable bonds is 23. The molecule has 0 fully saturated rings. The summed E-state index contributed by atoms with van der Waals surface area (Å²) < 4.78 is 4.58. The maximum Gasteiger partial charge on any atom is 0.251 e. The van der Waals surface area contributed by atoms with Gasteiger partial charge in [0, 0.05) is 13.8 Å². The third kappa shape index (κ3) is 29.1. The van der Waals surface area contributed by atoms with Gasteiger partial charge in [-0.05, 0) is 25.7 Å². The Morgan fingerprint density at radius 1 is 0.405 bits per heavy atom. The number of hydrogen-bond donors (Lipinski definition) is 2. The SMILES string of the molecule is CCCCCCCCCCCC.CCCCCCCC[n+]1cc[nH]c1C.CCCCCCCC[n+]1cc[nH]c1C.[Cl-].[Cl-]. The monoisotopic (exact) mass is 631 g/mol. The molecule has 4 nitrogen and oxygen atoms in total. The molecule has 0 aromatic carbocycles. The van der Waals surface area contributed by atoms with E-state index in [0.29, 0.717) is 0 Å². The molecule has 6 heteroatoms. The molecule has 0 saturated heterocycles. The molecule has 0 radical (unpaired) electrons. The normalized spacial score (nSPS) is 10.1. The molecule has 0 amide bonds. The van der Waals surface area contributed by atoms with Crippen LogP contribution in [-0.2, 0) is 13.1 Å². The van der Waals surface area contributed by atoms with Crippen LogP contribution in [0.2, 0.25) is 0 Å². The summed E-state index contributed by atoms with van der Waals surface area (Å²) in [6.07, 6.45) is 39.2. The first-order chi connectivity index (χ1) is 19.6. The Hall–Kier alpha value is -1.00. The van der Waals surface area contributed by atoms with Crippen molar-refractivity contribution in [1.82, 2.24) is 9.97 Å². The van der Waals surface area contributed by atoms with E-state index in [-0.39, 0.29) is 24.8 Å². The number of imidazole rings is 2. The molecule has 2 aromatic rings. The predicted octanol–water partition coefficient (Wildman–Crippen LogP) is 4.88. The summed E-state index contributed by atoms with van der Waals surface area (Å²) in [5, 5.41) is 0. The van der Waals surface area contributed by atoms with Gasteiger partial charge >= 0.3 is 0 Å². The molecule has 0 aliphatic heterocycles. The summed E-state index contributed by atoms with van der Waals surface area (Å²) in [5.74, 6) is 2.53. The van der Waals surface area contributed by atoms with Crippen LogP contribution >= 0.6 is 0 Å². The Morgan fingerprint density at radius 2 is 0.643 bits per heavy atom. The van der Waals surface area contributed by atoms with E-state index in [9.17, 15) is 0 Å². The zero-order valence-electron chi connectivity index (χ0n) is 28.9. The molecule has 250 valence electrons. The molecule has 0 spiro atoms. The molecule has 0 bridgehead atoms. The van der Waals surface area contributed by atoms with Crippen LogP contribution in [0.1, 0.15) is 181 Å². The summed E-state index contributed by atoms with van der Waals surface area (Å²) in [5.41, 5.74) is 0. The van der Waals surface area contributed by atoms with E-state index in [0.717, 1.165) is 0 Å². The van der Waals surface area contributed by atoms with Crippen LogP contribution < -0.4 is 33.9 Å². The molecule has 2 heterocycles. The van der Waals surface area contributed by atoms with E-state index in [1.807, 2.05) is 12.4 Å². The Labute approximate surface area is 275 Å². The van der Waals surface area contributed by atoms with Crippen molar-refractivity contribution in [2.24, 2.45) is 0 Å². The number of halogens is 2. The lowest BCUT2D eigenvalue weighted by Gasteiger charge is -1.99. The highest BCUT2D eigenvalue weighted by Gasteiger charge is 2.03. The highest BCUT2D eigenvalue weighted by Crippen LogP contribution is 2.10. The molecule has 2 N–H and O–H groups in total. The van der Waals surface area contributed by atoms with Crippen molar-refractivity contribution in [3.63, 3.8) is 0 Å². The van der Waals surface area contributed by atoms with E-state index >= 15 is 0 Å². The Kier molecular flexibility index (Phi) is 39.1. The first kappa shape index (κ1) is 45.4.